The molecule has 36 heavy (non-hydrogen) atoms. The van der Waals surface area contributed by atoms with E-state index in [1.54, 1.807) is 26.8 Å². The Morgan fingerprint density at radius 1 is 1.03 bits per heavy atom. The van der Waals surface area contributed by atoms with Crippen molar-refractivity contribution in [3.05, 3.63) is 61.5 Å². The van der Waals surface area contributed by atoms with E-state index in [9.17, 15) is 24.3 Å². The van der Waals surface area contributed by atoms with Crippen LogP contribution in [-0.4, -0.2) is 44.8 Å². The standard InChI is InChI=1S/C26H29N3O7/c1-12-13(2)23(32)26(3)16(22(12)31)11-17-15(7-8-28-24(33)27(4)25(34)29(17)28)21(26)20-18(30)9-14(35-5)10-19(20)36-6/h7,9-10,16-17,21,30H,8,11H2,1-6H3/t16-,17+,21+,26+/m0/s1. The van der Waals surface area contributed by atoms with Crippen LogP contribution in [0.25, 0.3) is 0 Å². The van der Waals surface area contributed by atoms with Crippen LogP contribution in [0.4, 0.5) is 0 Å². The van der Waals surface area contributed by atoms with Crippen LogP contribution in [-0.2, 0) is 23.2 Å². The summed E-state index contributed by atoms with van der Waals surface area (Å²) in [7, 11) is 4.33. The monoisotopic (exact) mass is 495 g/mol. The van der Waals surface area contributed by atoms with E-state index in [2.05, 4.69) is 0 Å². The molecule has 4 atom stereocenters. The number of carbonyl (C=O) groups excluding carboxylic acids is 2. The van der Waals surface area contributed by atoms with Gasteiger partial charge in [-0.1, -0.05) is 13.0 Å². The Bertz CT molecular complexity index is 1520. The predicted molar refractivity (Wildman–Crippen MR) is 130 cm³/mol. The predicted octanol–water partition coefficient (Wildman–Crippen LogP) is 1.85. The number of phenolic OH excluding ortho intramolecular Hbond substituents is 1. The van der Waals surface area contributed by atoms with Gasteiger partial charge in [0.25, 0.3) is 0 Å². The zero-order chi connectivity index (χ0) is 26.3. The Labute approximate surface area is 207 Å². The first-order chi connectivity index (χ1) is 17.0. The third kappa shape index (κ3) is 2.84. The third-order valence-electron chi connectivity index (χ3n) is 8.46. The van der Waals surface area contributed by atoms with Gasteiger partial charge in [-0.05, 0) is 37.0 Å². The number of aromatic hydroxyl groups is 1. The van der Waals surface area contributed by atoms with E-state index >= 15 is 0 Å². The van der Waals surface area contributed by atoms with Crippen LogP contribution in [0.1, 0.15) is 44.7 Å². The number of fused-ring (bicyclic) bond motifs is 4. The molecule has 0 spiro atoms. The number of methoxy groups -OCH3 is 2. The van der Waals surface area contributed by atoms with E-state index in [0.29, 0.717) is 33.8 Å². The number of benzene rings is 1. The molecule has 10 heteroatoms. The molecule has 190 valence electrons. The molecule has 2 aromatic rings. The van der Waals surface area contributed by atoms with Crippen LogP contribution < -0.4 is 20.9 Å². The van der Waals surface area contributed by atoms with E-state index in [1.165, 1.54) is 36.7 Å². The summed E-state index contributed by atoms with van der Waals surface area (Å²) in [6, 6.07) is 2.41. The molecule has 1 aromatic carbocycles. The van der Waals surface area contributed by atoms with Crippen molar-refractivity contribution in [2.24, 2.45) is 18.4 Å². The molecule has 1 aromatic heterocycles. The lowest BCUT2D eigenvalue weighted by molar-refractivity contribution is -0.140. The summed E-state index contributed by atoms with van der Waals surface area (Å²) in [6.45, 7) is 5.17. The Morgan fingerprint density at radius 2 is 1.72 bits per heavy atom. The summed E-state index contributed by atoms with van der Waals surface area (Å²) in [5, 5.41) is 11.2. The van der Waals surface area contributed by atoms with Crippen LogP contribution in [0.5, 0.6) is 17.2 Å². The molecule has 0 saturated heterocycles. The van der Waals surface area contributed by atoms with Gasteiger partial charge in [-0.3, -0.25) is 9.59 Å². The zero-order valence-electron chi connectivity index (χ0n) is 21.1. The van der Waals surface area contributed by atoms with Gasteiger partial charge in [-0.2, -0.15) is 0 Å². The fourth-order valence-electron chi connectivity index (χ4n) is 6.42. The average Bonchev–Trinajstić information content (AvgIpc) is 3.09. The van der Waals surface area contributed by atoms with Crippen LogP contribution >= 0.6 is 0 Å². The number of allylic oxidation sites excluding steroid dienone is 4. The minimum Gasteiger partial charge on any atom is -0.507 e. The highest BCUT2D eigenvalue weighted by Crippen LogP contribution is 2.63. The van der Waals surface area contributed by atoms with Gasteiger partial charge in [-0.25, -0.2) is 23.5 Å². The SMILES string of the molecule is COc1cc(O)c([C@H]2C3=CCn4c(=O)n(C)c(=O)n4[C@@H]3C[C@H]3C(=O)C(C)=C(C)C(=O)[C@@]23C)c(OC)c1. The molecule has 0 amide bonds. The second kappa shape index (κ2) is 7.84. The topological polar surface area (TPSA) is 122 Å². The Balaban J connectivity index is 1.86. The van der Waals surface area contributed by atoms with E-state index in [-0.39, 0.29) is 30.3 Å². The minimum absolute atomic E-state index is 0.118. The second-order valence-corrected chi connectivity index (χ2v) is 9.98. The number of ether oxygens (including phenoxy) is 2. The van der Waals surface area contributed by atoms with Gasteiger partial charge >= 0.3 is 11.4 Å². The molecule has 0 radical (unpaired) electrons. The van der Waals surface area contributed by atoms with Crippen molar-refractivity contribution in [3.8, 4) is 17.2 Å². The van der Waals surface area contributed by atoms with Crippen LogP contribution in [0, 0.1) is 11.3 Å². The number of hydrogen-bond acceptors (Lipinski definition) is 7. The van der Waals surface area contributed by atoms with E-state index in [1.807, 2.05) is 6.08 Å². The minimum atomic E-state index is -1.25. The number of carbonyl (C=O) groups is 2. The van der Waals surface area contributed by atoms with Gasteiger partial charge in [0.15, 0.2) is 11.6 Å². The van der Waals surface area contributed by atoms with Crippen molar-refractivity contribution in [2.75, 3.05) is 14.2 Å². The number of aromatic nitrogens is 3. The van der Waals surface area contributed by atoms with E-state index < -0.39 is 34.7 Å². The number of ketones is 2. The number of nitrogens with zero attached hydrogens (tertiary/aromatic N) is 3. The maximum absolute atomic E-state index is 14.0. The first-order valence-electron chi connectivity index (χ1n) is 11.8. The highest BCUT2D eigenvalue weighted by Gasteiger charge is 2.61. The lowest BCUT2D eigenvalue weighted by Crippen LogP contribution is -2.55. The van der Waals surface area contributed by atoms with E-state index in [0.717, 1.165) is 4.57 Å². The third-order valence-corrected chi connectivity index (χ3v) is 8.46. The van der Waals surface area contributed by atoms with E-state index in [4.69, 9.17) is 9.47 Å². The van der Waals surface area contributed by atoms with Crippen molar-refractivity contribution in [3.63, 3.8) is 0 Å². The first kappa shape index (κ1) is 23.9. The van der Waals surface area contributed by atoms with Gasteiger partial charge in [0, 0.05) is 36.6 Å². The average molecular weight is 496 g/mol. The first-order valence-corrected chi connectivity index (χ1v) is 11.8. The molecule has 1 N–H and O–H groups in total. The van der Waals surface area contributed by atoms with Crippen LogP contribution in [0.3, 0.4) is 0 Å². The smallest absolute Gasteiger partial charge is 0.347 e. The molecule has 1 aliphatic heterocycles. The molecular formula is C26H29N3O7. The number of phenols is 1. The molecular weight excluding hydrogens is 466 g/mol. The Kier molecular flexibility index (Phi) is 5.21. The van der Waals surface area contributed by atoms with Crippen molar-refractivity contribution in [2.45, 2.75) is 45.7 Å². The Hall–Kier alpha value is -3.82. The molecule has 0 bridgehead atoms. The largest absolute Gasteiger partial charge is 0.507 e. The molecule has 1 fully saturated rings. The van der Waals surface area contributed by atoms with Gasteiger partial charge in [-0.15, -0.1) is 0 Å². The highest BCUT2D eigenvalue weighted by molar-refractivity contribution is 6.15. The molecule has 3 aliphatic rings. The van der Waals surface area contributed by atoms with Gasteiger partial charge < -0.3 is 14.6 Å². The Morgan fingerprint density at radius 3 is 2.36 bits per heavy atom. The summed E-state index contributed by atoms with van der Waals surface area (Å²) in [5.74, 6) is -1.41. The van der Waals surface area contributed by atoms with Crippen LogP contribution in [0.15, 0.2) is 44.5 Å². The van der Waals surface area contributed by atoms with Crippen LogP contribution in [0.2, 0.25) is 0 Å². The van der Waals surface area contributed by atoms with Crippen molar-refractivity contribution in [1.29, 1.82) is 0 Å². The summed E-state index contributed by atoms with van der Waals surface area (Å²) < 4.78 is 14.7. The zero-order valence-corrected chi connectivity index (χ0v) is 21.1. The number of Topliss-reactive ketones (excluding diaryl/α,β-unsaturated/α-hetero) is 2. The highest BCUT2D eigenvalue weighted by atomic mass is 16.5. The number of rotatable bonds is 3. The fourth-order valence-corrected chi connectivity index (χ4v) is 6.42. The summed E-state index contributed by atoms with van der Waals surface area (Å²) >= 11 is 0. The lowest BCUT2D eigenvalue weighted by atomic mass is 9.50. The summed E-state index contributed by atoms with van der Waals surface area (Å²) in [6.07, 6.45) is 2.01. The number of hydrogen-bond donors (Lipinski definition) is 1. The normalized spacial score (nSPS) is 27.3. The molecule has 2 aliphatic carbocycles. The van der Waals surface area contributed by atoms with Gasteiger partial charge in [0.05, 0.1) is 32.2 Å². The van der Waals surface area contributed by atoms with Crippen molar-refractivity contribution in [1.82, 2.24) is 13.9 Å². The maximum Gasteiger partial charge on any atom is 0.347 e. The lowest BCUT2D eigenvalue weighted by Gasteiger charge is -2.53. The summed E-state index contributed by atoms with van der Waals surface area (Å²) in [4.78, 5) is 53.5. The second-order valence-electron chi connectivity index (χ2n) is 9.98. The molecule has 5 rings (SSSR count). The molecule has 0 unspecified atom stereocenters. The van der Waals surface area contributed by atoms with Gasteiger partial charge in [0.2, 0.25) is 0 Å². The fraction of sp³-hybridized carbons (Fsp3) is 0.462. The molecule has 2 heterocycles. The maximum atomic E-state index is 14.0. The molecule has 1 saturated carbocycles. The summed E-state index contributed by atoms with van der Waals surface area (Å²) in [5.41, 5.74) is -0.385. The molecule has 10 nitrogen and oxygen atoms in total. The van der Waals surface area contributed by atoms with Crippen molar-refractivity contribution >= 4 is 11.6 Å². The van der Waals surface area contributed by atoms with Crippen molar-refractivity contribution < 1.29 is 24.2 Å². The quantitative estimate of drug-likeness (QED) is 0.645. The van der Waals surface area contributed by atoms with Gasteiger partial charge in [0.1, 0.15) is 17.2 Å².